The molecular formula is C45H17B10N3O. The summed E-state index contributed by atoms with van der Waals surface area (Å²) in [5.74, 6) is 0.146. The zero-order valence-corrected chi connectivity index (χ0v) is 31.3. The van der Waals surface area contributed by atoms with Crippen LogP contribution in [0.3, 0.4) is 0 Å². The van der Waals surface area contributed by atoms with E-state index in [9.17, 15) is 0 Å². The van der Waals surface area contributed by atoms with E-state index >= 15 is 0 Å². The van der Waals surface area contributed by atoms with Crippen molar-refractivity contribution in [1.29, 1.82) is 0 Å². The second-order valence-electron chi connectivity index (χ2n) is 14.5. The van der Waals surface area contributed by atoms with Gasteiger partial charge in [0.25, 0.3) is 0 Å². The number of hydrogen-bond donors (Lipinski definition) is 0. The molecule has 0 aliphatic carbocycles. The maximum Gasteiger partial charge on any atom is 0.167 e. The Kier molecular flexibility index (Phi) is 8.72. The van der Waals surface area contributed by atoms with Crippen LogP contribution in [0, 0.1) is 0 Å². The van der Waals surface area contributed by atoms with Crippen molar-refractivity contribution in [3.05, 3.63) is 103 Å². The Morgan fingerprint density at radius 3 is 1.27 bits per heavy atom. The highest BCUT2D eigenvalue weighted by Crippen LogP contribution is 2.42. The van der Waals surface area contributed by atoms with Crippen molar-refractivity contribution in [2.45, 2.75) is 0 Å². The van der Waals surface area contributed by atoms with E-state index in [0.29, 0.717) is 16.7 Å². The van der Waals surface area contributed by atoms with Gasteiger partial charge >= 0.3 is 0 Å². The Bertz CT molecular complexity index is 3300. The largest absolute Gasteiger partial charge is 0.455 e. The van der Waals surface area contributed by atoms with Gasteiger partial charge in [0.15, 0.2) is 17.5 Å². The normalized spacial score (nSPS) is 11.7. The van der Waals surface area contributed by atoms with Crippen molar-refractivity contribution in [1.82, 2.24) is 15.0 Å². The minimum atomic E-state index is -0.00381. The van der Waals surface area contributed by atoms with Gasteiger partial charge in [-0.3, -0.25) is 0 Å². The van der Waals surface area contributed by atoms with Gasteiger partial charge in [-0.25, -0.2) is 15.0 Å². The summed E-state index contributed by atoms with van der Waals surface area (Å²) in [5, 5.41) is 8.83. The third-order valence-corrected chi connectivity index (χ3v) is 11.3. The summed E-state index contributed by atoms with van der Waals surface area (Å²) in [5.41, 5.74) is 4.08. The summed E-state index contributed by atoms with van der Waals surface area (Å²) < 4.78 is 6.70. The molecule has 10 rings (SSSR count). The maximum absolute atomic E-state index is 6.70. The van der Waals surface area contributed by atoms with Gasteiger partial charge in [-0.1, -0.05) is 107 Å². The maximum atomic E-state index is 6.70. The fourth-order valence-electron chi connectivity index (χ4n) is 8.24. The number of aromatic nitrogens is 3. The minimum Gasteiger partial charge on any atom is -0.455 e. The molecular weight excluding hydrogens is 707 g/mol. The Hall–Kier alpha value is -6.00. The van der Waals surface area contributed by atoms with Gasteiger partial charge in [-0.15, -0.1) is 32.8 Å². The Morgan fingerprint density at radius 1 is 0.339 bits per heavy atom. The Balaban J connectivity index is 1.23. The van der Waals surface area contributed by atoms with E-state index in [-0.39, 0.29) is 83.2 Å². The van der Waals surface area contributed by atoms with Crippen LogP contribution in [0.25, 0.3) is 99.5 Å². The molecule has 0 bridgehead atoms. The van der Waals surface area contributed by atoms with E-state index in [1.807, 2.05) is 30.3 Å². The number of benzene rings is 8. The van der Waals surface area contributed by atoms with Crippen LogP contribution in [-0.2, 0) is 0 Å². The summed E-state index contributed by atoms with van der Waals surface area (Å²) in [6.07, 6.45) is 0. The molecule has 0 aliphatic rings. The number of furan rings is 1. The summed E-state index contributed by atoms with van der Waals surface area (Å²) >= 11 is 0. The first-order valence-corrected chi connectivity index (χ1v) is 18.5. The highest BCUT2D eigenvalue weighted by atomic mass is 16.3. The van der Waals surface area contributed by atoms with E-state index in [2.05, 4.69) is 72.8 Å². The zero-order valence-electron chi connectivity index (χ0n) is 31.3. The molecule has 0 saturated carbocycles. The third kappa shape index (κ3) is 5.55. The van der Waals surface area contributed by atoms with Crippen molar-refractivity contribution in [2.24, 2.45) is 0 Å². The molecule has 0 spiro atoms. The number of para-hydroxylation sites is 1. The molecule has 0 unspecified atom stereocenters. The molecule has 0 amide bonds. The van der Waals surface area contributed by atoms with Gasteiger partial charge < -0.3 is 4.42 Å². The Morgan fingerprint density at radius 2 is 0.746 bits per heavy atom. The third-order valence-electron chi connectivity index (χ3n) is 11.3. The predicted octanol–water partition coefficient (Wildman–Crippen LogP) is -0.163. The molecule has 10 aromatic rings. The predicted molar refractivity (Wildman–Crippen MR) is 255 cm³/mol. The van der Waals surface area contributed by atoms with Crippen molar-refractivity contribution in [2.75, 3.05) is 0 Å². The number of rotatable bonds is 4. The standard InChI is InChI=1S/C45H17B10N3O/c46-32-30(33(47)37(51)40(54)36(32)50)44-56-43(57-45(58-44)31-34(48)38(52)41(55)39(53)35(31)49)26-13-5-12-25-29-19(11-6-14-28(29)59-42(25)26)18-15-16-24-22-9-2-1-7-20(22)21-8-3-4-10-23(21)27(24)17-18/h1-17H. The molecule has 20 radical (unpaired) electrons. The van der Waals surface area contributed by atoms with Gasteiger partial charge in [0.2, 0.25) is 0 Å². The first kappa shape index (κ1) is 37.3. The second-order valence-corrected chi connectivity index (χ2v) is 14.5. The topological polar surface area (TPSA) is 51.8 Å². The van der Waals surface area contributed by atoms with Crippen molar-refractivity contribution in [3.8, 4) is 45.3 Å². The summed E-state index contributed by atoms with van der Waals surface area (Å²) in [6, 6.07) is 35.3. The number of hydrogen-bond acceptors (Lipinski definition) is 4. The fraction of sp³-hybridized carbons (Fsp3) is 0. The molecule has 0 N–H and O–H groups in total. The van der Waals surface area contributed by atoms with Crippen LogP contribution in [-0.4, -0.2) is 93.4 Å². The summed E-state index contributed by atoms with van der Waals surface area (Å²) in [6.45, 7) is 0. The monoisotopic (exact) mass is 725 g/mol. The number of fused-ring (bicyclic) bond motifs is 9. The highest BCUT2D eigenvalue weighted by molar-refractivity contribution is 6.70. The highest BCUT2D eigenvalue weighted by Gasteiger charge is 2.24. The van der Waals surface area contributed by atoms with E-state index in [4.69, 9.17) is 97.8 Å². The molecule has 14 heteroatoms. The fourth-order valence-corrected chi connectivity index (χ4v) is 8.24. The van der Waals surface area contributed by atoms with Crippen molar-refractivity contribution >= 4 is 187 Å². The van der Waals surface area contributed by atoms with Crippen LogP contribution in [0.2, 0.25) is 0 Å². The summed E-state index contributed by atoms with van der Waals surface area (Å²) in [4.78, 5) is 14.5. The van der Waals surface area contributed by atoms with E-state index in [0.717, 1.165) is 27.3 Å². The SMILES string of the molecule is [B]c1c([B])c([B])c(-c2nc(-c3c([B])c([B])c([B])c([B])c3[B])nc(-c3cccc4c3oc3cccc(-c5ccc6c7ccccc7c7ccccc7c6c5)c34)n2)c([B])c1[B]. The first-order valence-electron chi connectivity index (χ1n) is 18.5. The first-order chi connectivity index (χ1) is 28.4. The number of nitrogens with zero attached hydrogens (tertiary/aromatic N) is 3. The van der Waals surface area contributed by atoms with Gasteiger partial charge in [0, 0.05) is 21.9 Å². The van der Waals surface area contributed by atoms with Gasteiger partial charge in [0.1, 0.15) is 89.6 Å². The summed E-state index contributed by atoms with van der Waals surface area (Å²) in [7, 11) is 63.6. The lowest BCUT2D eigenvalue weighted by molar-refractivity contribution is 0.669. The molecule has 2 aromatic heterocycles. The molecule has 248 valence electrons. The lowest BCUT2D eigenvalue weighted by Crippen LogP contribution is -2.55. The van der Waals surface area contributed by atoms with Crippen molar-refractivity contribution in [3.63, 3.8) is 0 Å². The molecule has 4 nitrogen and oxygen atoms in total. The average Bonchev–Trinajstić information content (AvgIpc) is 3.66. The molecule has 0 atom stereocenters. The van der Waals surface area contributed by atoms with Gasteiger partial charge in [-0.2, -0.15) is 0 Å². The van der Waals surface area contributed by atoms with Crippen molar-refractivity contribution < 1.29 is 4.42 Å². The smallest absolute Gasteiger partial charge is 0.167 e. The van der Waals surface area contributed by atoms with Crippen LogP contribution < -0.4 is 54.6 Å². The van der Waals surface area contributed by atoms with Gasteiger partial charge in [-0.05, 0) is 61.6 Å². The minimum absolute atomic E-state index is 0.00381. The van der Waals surface area contributed by atoms with Crippen LogP contribution in [0.5, 0.6) is 0 Å². The molecule has 2 heterocycles. The molecule has 0 saturated heterocycles. The Labute approximate surface area is 353 Å². The van der Waals surface area contributed by atoms with Crippen LogP contribution in [0.15, 0.2) is 108 Å². The van der Waals surface area contributed by atoms with E-state index < -0.39 is 0 Å². The van der Waals surface area contributed by atoms with Crippen LogP contribution in [0.4, 0.5) is 0 Å². The lowest BCUT2D eigenvalue weighted by atomic mass is 9.60. The molecule has 59 heavy (non-hydrogen) atoms. The average molecular weight is 724 g/mol. The molecule has 0 fully saturated rings. The quantitative estimate of drug-likeness (QED) is 0.187. The second kappa shape index (κ2) is 13.8. The van der Waals surface area contributed by atoms with Gasteiger partial charge in [0.05, 0.1) is 5.56 Å². The van der Waals surface area contributed by atoms with Crippen LogP contribution in [0.1, 0.15) is 0 Å². The zero-order chi connectivity index (χ0) is 41.0. The van der Waals surface area contributed by atoms with Crippen LogP contribution >= 0.6 is 0 Å². The van der Waals surface area contributed by atoms with E-state index in [1.165, 1.54) is 26.9 Å². The molecule has 0 aliphatic heterocycles. The molecule has 8 aromatic carbocycles. The lowest BCUT2D eigenvalue weighted by Gasteiger charge is -2.22. The van der Waals surface area contributed by atoms with E-state index in [1.54, 1.807) is 0 Å².